The first-order valence-corrected chi connectivity index (χ1v) is 5.67. The fourth-order valence-corrected chi connectivity index (χ4v) is 2.39. The molecule has 1 rings (SSSR count). The Morgan fingerprint density at radius 1 is 1.47 bits per heavy atom. The second-order valence-electron chi connectivity index (χ2n) is 4.84. The first-order chi connectivity index (χ1) is 7.07. The van der Waals surface area contributed by atoms with Gasteiger partial charge in [0.1, 0.15) is 12.4 Å². The van der Waals surface area contributed by atoms with Crippen molar-refractivity contribution in [3.05, 3.63) is 0 Å². The van der Waals surface area contributed by atoms with Crippen LogP contribution in [0.4, 0.5) is 0 Å². The van der Waals surface area contributed by atoms with E-state index in [0.717, 1.165) is 12.8 Å². The monoisotopic (exact) mass is 212 g/mol. The van der Waals surface area contributed by atoms with Gasteiger partial charge in [-0.3, -0.25) is 9.59 Å². The number of rotatable bonds is 4. The summed E-state index contributed by atoms with van der Waals surface area (Å²) >= 11 is 0. The second kappa shape index (κ2) is 5.29. The smallest absolute Gasteiger partial charge is 0.293 e. The standard InChI is InChI=1S/C12H20O3/c1-8(2)10-5-4-9(3)11(12(10)14)6-15-7-13/h7-11H,4-6H2,1-3H3/t9-,10+,11+/m0/s1. The molecular weight excluding hydrogens is 192 g/mol. The van der Waals surface area contributed by atoms with Crippen LogP contribution in [0.1, 0.15) is 33.6 Å². The molecule has 0 saturated heterocycles. The summed E-state index contributed by atoms with van der Waals surface area (Å²) < 4.78 is 4.74. The van der Waals surface area contributed by atoms with E-state index in [1.807, 2.05) is 0 Å². The Labute approximate surface area is 91.2 Å². The van der Waals surface area contributed by atoms with Crippen LogP contribution < -0.4 is 0 Å². The van der Waals surface area contributed by atoms with Crippen molar-refractivity contribution in [3.63, 3.8) is 0 Å². The number of hydrogen-bond donors (Lipinski definition) is 0. The van der Waals surface area contributed by atoms with Gasteiger partial charge in [0.05, 0.1) is 5.92 Å². The molecule has 0 bridgehead atoms. The Kier molecular flexibility index (Phi) is 4.30. The summed E-state index contributed by atoms with van der Waals surface area (Å²) in [6.45, 7) is 6.91. The summed E-state index contributed by atoms with van der Waals surface area (Å²) in [5, 5.41) is 0. The summed E-state index contributed by atoms with van der Waals surface area (Å²) in [6.07, 6.45) is 2.04. The largest absolute Gasteiger partial charge is 0.467 e. The predicted octanol–water partition coefficient (Wildman–Crippen LogP) is 2.05. The highest BCUT2D eigenvalue weighted by Crippen LogP contribution is 2.34. The molecule has 0 aromatic carbocycles. The molecule has 3 heteroatoms. The maximum atomic E-state index is 12.1. The molecule has 0 N–H and O–H groups in total. The highest BCUT2D eigenvalue weighted by atomic mass is 16.5. The molecule has 1 aliphatic rings. The van der Waals surface area contributed by atoms with E-state index in [1.54, 1.807) is 0 Å². The van der Waals surface area contributed by atoms with E-state index in [1.165, 1.54) is 0 Å². The van der Waals surface area contributed by atoms with Crippen LogP contribution in [0.2, 0.25) is 0 Å². The number of carbonyl (C=O) groups is 2. The maximum absolute atomic E-state index is 12.1. The molecule has 0 heterocycles. The highest BCUT2D eigenvalue weighted by Gasteiger charge is 2.37. The molecule has 15 heavy (non-hydrogen) atoms. The van der Waals surface area contributed by atoms with Gasteiger partial charge in [-0.15, -0.1) is 0 Å². The molecule has 86 valence electrons. The Balaban J connectivity index is 2.65. The SMILES string of the molecule is CC(C)[C@H]1CC[C@H](C)[C@@H](COC=O)C1=O. The Bertz CT molecular complexity index is 235. The molecule has 0 aliphatic heterocycles. The molecular formula is C12H20O3. The Morgan fingerprint density at radius 3 is 2.67 bits per heavy atom. The van der Waals surface area contributed by atoms with Gasteiger partial charge < -0.3 is 4.74 Å². The summed E-state index contributed by atoms with van der Waals surface area (Å²) in [5.74, 6) is 1.08. The van der Waals surface area contributed by atoms with Crippen molar-refractivity contribution in [2.24, 2.45) is 23.7 Å². The van der Waals surface area contributed by atoms with Gasteiger partial charge in [-0.2, -0.15) is 0 Å². The van der Waals surface area contributed by atoms with Crippen molar-refractivity contribution in [2.45, 2.75) is 33.6 Å². The van der Waals surface area contributed by atoms with E-state index in [9.17, 15) is 9.59 Å². The van der Waals surface area contributed by atoms with Gasteiger partial charge >= 0.3 is 0 Å². The van der Waals surface area contributed by atoms with Crippen LogP contribution in [0.5, 0.6) is 0 Å². The van der Waals surface area contributed by atoms with Crippen molar-refractivity contribution in [1.29, 1.82) is 0 Å². The van der Waals surface area contributed by atoms with E-state index in [2.05, 4.69) is 20.8 Å². The lowest BCUT2D eigenvalue weighted by atomic mass is 9.70. The third-order valence-electron chi connectivity index (χ3n) is 3.50. The molecule has 1 aliphatic carbocycles. The van der Waals surface area contributed by atoms with Crippen molar-refractivity contribution < 1.29 is 14.3 Å². The summed E-state index contributed by atoms with van der Waals surface area (Å²) in [6, 6.07) is 0. The van der Waals surface area contributed by atoms with Gasteiger partial charge in [0.2, 0.25) is 0 Å². The number of ketones is 1. The predicted molar refractivity (Wildman–Crippen MR) is 57.2 cm³/mol. The normalized spacial score (nSPS) is 31.7. The molecule has 0 spiro atoms. The van der Waals surface area contributed by atoms with Gasteiger partial charge in [0.15, 0.2) is 0 Å². The van der Waals surface area contributed by atoms with Crippen LogP contribution in [0.3, 0.4) is 0 Å². The fourth-order valence-electron chi connectivity index (χ4n) is 2.39. The van der Waals surface area contributed by atoms with Crippen LogP contribution in [-0.2, 0) is 14.3 Å². The van der Waals surface area contributed by atoms with Crippen LogP contribution in [-0.4, -0.2) is 18.9 Å². The van der Waals surface area contributed by atoms with E-state index >= 15 is 0 Å². The number of hydrogen-bond acceptors (Lipinski definition) is 3. The zero-order chi connectivity index (χ0) is 11.4. The minimum absolute atomic E-state index is 0.0867. The van der Waals surface area contributed by atoms with Crippen LogP contribution in [0.25, 0.3) is 0 Å². The molecule has 3 nitrogen and oxygen atoms in total. The zero-order valence-corrected chi connectivity index (χ0v) is 9.73. The van der Waals surface area contributed by atoms with Gasteiger partial charge in [0.25, 0.3) is 6.47 Å². The van der Waals surface area contributed by atoms with Gasteiger partial charge in [-0.25, -0.2) is 0 Å². The van der Waals surface area contributed by atoms with E-state index in [4.69, 9.17) is 4.74 Å². The van der Waals surface area contributed by atoms with E-state index < -0.39 is 0 Å². The third kappa shape index (κ3) is 2.80. The summed E-state index contributed by atoms with van der Waals surface area (Å²) in [4.78, 5) is 22.2. The zero-order valence-electron chi connectivity index (χ0n) is 9.73. The molecule has 1 saturated carbocycles. The topological polar surface area (TPSA) is 43.4 Å². The lowest BCUT2D eigenvalue weighted by Crippen LogP contribution is -2.38. The lowest BCUT2D eigenvalue weighted by molar-refractivity contribution is -0.139. The van der Waals surface area contributed by atoms with Gasteiger partial charge in [-0.1, -0.05) is 20.8 Å². The lowest BCUT2D eigenvalue weighted by Gasteiger charge is -2.34. The van der Waals surface area contributed by atoms with Gasteiger partial charge in [-0.05, 0) is 24.7 Å². The highest BCUT2D eigenvalue weighted by molar-refractivity contribution is 5.84. The second-order valence-corrected chi connectivity index (χ2v) is 4.84. The molecule has 1 fully saturated rings. The van der Waals surface area contributed by atoms with E-state index in [0.29, 0.717) is 18.3 Å². The summed E-state index contributed by atoms with van der Waals surface area (Å²) in [5.41, 5.74) is 0. The Hall–Kier alpha value is -0.860. The van der Waals surface area contributed by atoms with Crippen molar-refractivity contribution in [2.75, 3.05) is 6.61 Å². The number of Topliss-reactive ketones (excluding diaryl/α,β-unsaturated/α-hetero) is 1. The quantitative estimate of drug-likeness (QED) is 0.670. The molecule has 0 aromatic heterocycles. The molecule has 3 atom stereocenters. The van der Waals surface area contributed by atoms with Gasteiger partial charge in [0, 0.05) is 5.92 Å². The fraction of sp³-hybridized carbons (Fsp3) is 0.833. The number of carbonyl (C=O) groups excluding carboxylic acids is 2. The average Bonchev–Trinajstić information content (AvgIpc) is 2.17. The summed E-state index contributed by atoms with van der Waals surface area (Å²) in [7, 11) is 0. The molecule has 0 amide bonds. The first kappa shape index (κ1) is 12.2. The molecule has 0 aromatic rings. The molecule has 0 unspecified atom stereocenters. The van der Waals surface area contributed by atoms with Crippen LogP contribution >= 0.6 is 0 Å². The van der Waals surface area contributed by atoms with Crippen molar-refractivity contribution in [1.82, 2.24) is 0 Å². The maximum Gasteiger partial charge on any atom is 0.293 e. The average molecular weight is 212 g/mol. The minimum Gasteiger partial charge on any atom is -0.467 e. The van der Waals surface area contributed by atoms with Crippen molar-refractivity contribution in [3.8, 4) is 0 Å². The number of ether oxygens (including phenoxy) is 1. The van der Waals surface area contributed by atoms with Crippen LogP contribution in [0, 0.1) is 23.7 Å². The molecule has 0 radical (unpaired) electrons. The first-order valence-electron chi connectivity index (χ1n) is 5.67. The van der Waals surface area contributed by atoms with Crippen molar-refractivity contribution >= 4 is 12.3 Å². The minimum atomic E-state index is -0.0867. The third-order valence-corrected chi connectivity index (χ3v) is 3.50. The van der Waals surface area contributed by atoms with Crippen LogP contribution in [0.15, 0.2) is 0 Å². The van der Waals surface area contributed by atoms with E-state index in [-0.39, 0.29) is 24.2 Å². The Morgan fingerprint density at radius 2 is 2.13 bits per heavy atom.